The Morgan fingerprint density at radius 2 is 1.90 bits per heavy atom. The van der Waals surface area contributed by atoms with Crippen molar-refractivity contribution < 1.29 is 9.53 Å². The van der Waals surface area contributed by atoms with Crippen LogP contribution in [0.15, 0.2) is 47.3 Å². The van der Waals surface area contributed by atoms with Gasteiger partial charge < -0.3 is 15.0 Å². The number of nitrogens with one attached hydrogen (secondary N) is 2. The van der Waals surface area contributed by atoms with Gasteiger partial charge in [0, 0.05) is 34.1 Å². The van der Waals surface area contributed by atoms with Crippen molar-refractivity contribution in [2.24, 2.45) is 0 Å². The van der Waals surface area contributed by atoms with Gasteiger partial charge >= 0.3 is 0 Å². The Morgan fingerprint density at radius 1 is 1.10 bits per heavy atom. The number of hydrogen-bond donors (Lipinski definition) is 2. The molecule has 0 aliphatic carbocycles. The van der Waals surface area contributed by atoms with Crippen molar-refractivity contribution in [2.45, 2.75) is 27.3 Å². The Kier molecular flexibility index (Phi) is 4.99. The van der Waals surface area contributed by atoms with Crippen LogP contribution in [0.2, 0.25) is 0 Å². The molecule has 152 valence electrons. The molecule has 2 aromatic heterocycles. The molecule has 6 heteroatoms. The van der Waals surface area contributed by atoms with E-state index in [0.29, 0.717) is 16.9 Å². The molecule has 2 heterocycles. The van der Waals surface area contributed by atoms with Crippen LogP contribution in [-0.2, 0) is 6.54 Å². The number of benzene rings is 2. The summed E-state index contributed by atoms with van der Waals surface area (Å²) in [5.74, 6) is 0.467. The summed E-state index contributed by atoms with van der Waals surface area (Å²) in [5.41, 5.74) is 5.22. The van der Waals surface area contributed by atoms with Gasteiger partial charge in [-0.15, -0.1) is 0 Å². The number of amides is 1. The quantitative estimate of drug-likeness (QED) is 0.542. The number of H-pyrrole nitrogens is 1. The van der Waals surface area contributed by atoms with E-state index in [1.165, 1.54) is 0 Å². The number of ether oxygens (including phenoxy) is 1. The van der Waals surface area contributed by atoms with Gasteiger partial charge in [-0.3, -0.25) is 14.6 Å². The van der Waals surface area contributed by atoms with Crippen LogP contribution in [-0.4, -0.2) is 23.0 Å². The number of carbonyl (C=O) groups is 1. The van der Waals surface area contributed by atoms with Crippen LogP contribution < -0.4 is 15.6 Å². The molecule has 1 amide bonds. The van der Waals surface area contributed by atoms with Crippen LogP contribution in [0.5, 0.6) is 5.75 Å². The number of carbonyl (C=O) groups excluding carboxylic acids is 1. The summed E-state index contributed by atoms with van der Waals surface area (Å²) >= 11 is 0. The molecule has 4 aromatic rings. The fourth-order valence-corrected chi connectivity index (χ4v) is 3.76. The third kappa shape index (κ3) is 3.64. The van der Waals surface area contributed by atoms with E-state index in [4.69, 9.17) is 4.74 Å². The average molecular weight is 401 g/mol. The lowest BCUT2D eigenvalue weighted by atomic mass is 10.0. The summed E-state index contributed by atoms with van der Waals surface area (Å²) in [5, 5.41) is 4.54. The monoisotopic (exact) mass is 401 g/mol. The molecule has 30 heavy (non-hydrogen) atoms. The summed E-state index contributed by atoms with van der Waals surface area (Å²) < 4.78 is 5.25. The van der Waals surface area contributed by atoms with Crippen LogP contribution in [0.3, 0.4) is 0 Å². The Labute approximate surface area is 173 Å². The Balaban J connectivity index is 1.67. The number of pyridine rings is 2. The lowest BCUT2D eigenvalue weighted by Gasteiger charge is -2.12. The summed E-state index contributed by atoms with van der Waals surface area (Å²) in [6, 6.07) is 13.0. The second kappa shape index (κ2) is 7.63. The molecule has 0 aliphatic rings. The molecule has 0 bridgehead atoms. The van der Waals surface area contributed by atoms with Gasteiger partial charge in [0.15, 0.2) is 0 Å². The van der Waals surface area contributed by atoms with Gasteiger partial charge in [-0.25, -0.2) is 0 Å². The Morgan fingerprint density at radius 3 is 2.67 bits per heavy atom. The molecule has 0 saturated heterocycles. The molecule has 4 rings (SSSR count). The van der Waals surface area contributed by atoms with Crippen LogP contribution >= 0.6 is 0 Å². The first-order valence-electron chi connectivity index (χ1n) is 9.72. The lowest BCUT2D eigenvalue weighted by Crippen LogP contribution is -2.27. The number of hydrogen-bond acceptors (Lipinski definition) is 4. The number of rotatable bonds is 4. The molecule has 6 nitrogen and oxygen atoms in total. The van der Waals surface area contributed by atoms with E-state index in [1.807, 2.05) is 32.9 Å². The van der Waals surface area contributed by atoms with Crippen molar-refractivity contribution in [3.8, 4) is 5.75 Å². The highest BCUT2D eigenvalue weighted by molar-refractivity contribution is 6.07. The standard InChI is InChI=1S/C24H23N3O3/c1-13-7-14(2)22-19(8-13)20(9-15(3)26-22)24(29)25-12-17-10-16-11-18(30-4)5-6-21(16)27-23(17)28/h5-11H,12H2,1-4H3,(H,25,29)(H,27,28). The van der Waals surface area contributed by atoms with Crippen LogP contribution in [0, 0.1) is 20.8 Å². The SMILES string of the molecule is COc1ccc2[nH]c(=O)c(CNC(=O)c3cc(C)nc4c(C)cc(C)cc34)cc2c1. The highest BCUT2D eigenvalue weighted by Crippen LogP contribution is 2.24. The first-order valence-corrected chi connectivity index (χ1v) is 9.72. The van der Waals surface area contributed by atoms with E-state index in [0.717, 1.165) is 38.6 Å². The topological polar surface area (TPSA) is 84.1 Å². The van der Waals surface area contributed by atoms with E-state index >= 15 is 0 Å². The maximum Gasteiger partial charge on any atom is 0.253 e. The van der Waals surface area contributed by atoms with Crippen LogP contribution in [0.1, 0.15) is 32.7 Å². The zero-order valence-corrected chi connectivity index (χ0v) is 17.4. The molecule has 0 radical (unpaired) electrons. The number of fused-ring (bicyclic) bond motifs is 2. The second-order valence-electron chi connectivity index (χ2n) is 7.55. The largest absolute Gasteiger partial charge is 0.497 e. The molecule has 0 unspecified atom stereocenters. The first-order chi connectivity index (χ1) is 14.4. The molecule has 0 aliphatic heterocycles. The van der Waals surface area contributed by atoms with Crippen molar-refractivity contribution in [1.82, 2.24) is 15.3 Å². The lowest BCUT2D eigenvalue weighted by molar-refractivity contribution is 0.0952. The van der Waals surface area contributed by atoms with Gasteiger partial charge in [0.2, 0.25) is 0 Å². The van der Waals surface area contributed by atoms with Gasteiger partial charge in [0.05, 0.1) is 18.2 Å². The van der Waals surface area contributed by atoms with Crippen molar-refractivity contribution in [2.75, 3.05) is 7.11 Å². The zero-order chi connectivity index (χ0) is 21.4. The van der Waals surface area contributed by atoms with E-state index in [1.54, 1.807) is 31.4 Å². The van der Waals surface area contributed by atoms with Crippen LogP contribution in [0.25, 0.3) is 21.8 Å². The predicted molar refractivity (Wildman–Crippen MR) is 118 cm³/mol. The molecule has 0 spiro atoms. The van der Waals surface area contributed by atoms with Crippen molar-refractivity contribution >= 4 is 27.7 Å². The molecule has 0 saturated carbocycles. The Hall–Kier alpha value is -3.67. The molecule has 0 fully saturated rings. The van der Waals surface area contributed by atoms with Crippen molar-refractivity contribution in [3.63, 3.8) is 0 Å². The van der Waals surface area contributed by atoms with E-state index in [9.17, 15) is 9.59 Å². The highest BCUT2D eigenvalue weighted by Gasteiger charge is 2.14. The van der Waals surface area contributed by atoms with E-state index in [-0.39, 0.29) is 18.0 Å². The second-order valence-corrected chi connectivity index (χ2v) is 7.55. The number of methoxy groups -OCH3 is 1. The smallest absolute Gasteiger partial charge is 0.253 e. The van der Waals surface area contributed by atoms with Crippen LogP contribution in [0.4, 0.5) is 0 Å². The maximum atomic E-state index is 13.0. The first kappa shape index (κ1) is 19.6. The third-order valence-electron chi connectivity index (χ3n) is 5.19. The van der Waals surface area contributed by atoms with Gasteiger partial charge in [-0.05, 0) is 62.7 Å². The normalized spacial score (nSPS) is 11.1. The molecule has 2 N–H and O–H groups in total. The summed E-state index contributed by atoms with van der Waals surface area (Å²) in [6.07, 6.45) is 0. The summed E-state index contributed by atoms with van der Waals surface area (Å²) in [7, 11) is 1.60. The average Bonchev–Trinajstić information content (AvgIpc) is 2.71. The molecule has 0 atom stereocenters. The highest BCUT2D eigenvalue weighted by atomic mass is 16.5. The minimum Gasteiger partial charge on any atom is -0.497 e. The molecular formula is C24H23N3O3. The van der Waals surface area contributed by atoms with E-state index in [2.05, 4.69) is 21.4 Å². The summed E-state index contributed by atoms with van der Waals surface area (Å²) in [6.45, 7) is 5.98. The van der Waals surface area contributed by atoms with Gasteiger partial charge in [-0.2, -0.15) is 0 Å². The maximum absolute atomic E-state index is 13.0. The number of aromatic nitrogens is 2. The Bertz CT molecular complexity index is 1360. The fourth-order valence-electron chi connectivity index (χ4n) is 3.76. The van der Waals surface area contributed by atoms with Gasteiger partial charge in [-0.1, -0.05) is 11.6 Å². The molecule has 2 aromatic carbocycles. The van der Waals surface area contributed by atoms with Crippen molar-refractivity contribution in [1.29, 1.82) is 0 Å². The third-order valence-corrected chi connectivity index (χ3v) is 5.19. The van der Waals surface area contributed by atoms with Gasteiger partial charge in [0.1, 0.15) is 5.75 Å². The van der Waals surface area contributed by atoms with Gasteiger partial charge in [0.25, 0.3) is 11.5 Å². The minimum atomic E-state index is -0.236. The minimum absolute atomic E-state index is 0.120. The number of aryl methyl sites for hydroxylation is 3. The van der Waals surface area contributed by atoms with E-state index < -0.39 is 0 Å². The number of nitrogens with zero attached hydrogens (tertiary/aromatic N) is 1. The summed E-state index contributed by atoms with van der Waals surface area (Å²) in [4.78, 5) is 32.9. The predicted octanol–water partition coefficient (Wildman–Crippen LogP) is 3.94. The van der Waals surface area contributed by atoms with Crippen molar-refractivity contribution in [3.05, 3.63) is 80.8 Å². The zero-order valence-electron chi connectivity index (χ0n) is 17.4. The number of aromatic amines is 1. The fraction of sp³-hybridized carbons (Fsp3) is 0.208. The molecular weight excluding hydrogens is 378 g/mol.